The summed E-state index contributed by atoms with van der Waals surface area (Å²) in [4.78, 5) is 11.4. The maximum Gasteiger partial charge on any atom is 0.344 e. The maximum atomic E-state index is 11.4. The summed E-state index contributed by atoms with van der Waals surface area (Å²) in [7, 11) is 0. The molecule has 2 aromatic carbocycles. The van der Waals surface area contributed by atoms with Gasteiger partial charge in [0.1, 0.15) is 0 Å². The second-order valence-electron chi connectivity index (χ2n) is 5.45. The molecule has 0 bridgehead atoms. The highest BCUT2D eigenvalue weighted by molar-refractivity contribution is 6.30. The zero-order chi connectivity index (χ0) is 19.5. The normalized spacial score (nSPS) is 10.6. The SMILES string of the molecule is CCOC(=O)COc1ccc(/C=N\NCc2ccc(Cl)cc2)cc1OCC. The van der Waals surface area contributed by atoms with Gasteiger partial charge in [0.25, 0.3) is 0 Å². The van der Waals surface area contributed by atoms with Gasteiger partial charge in [-0.1, -0.05) is 23.7 Å². The molecule has 0 atom stereocenters. The van der Waals surface area contributed by atoms with Crippen LogP contribution in [-0.4, -0.2) is 32.0 Å². The first-order chi connectivity index (χ1) is 13.1. The summed E-state index contributed by atoms with van der Waals surface area (Å²) in [5.41, 5.74) is 4.90. The molecular weight excluding hydrogens is 368 g/mol. The summed E-state index contributed by atoms with van der Waals surface area (Å²) in [5, 5.41) is 4.91. The molecular formula is C20H23ClN2O4. The van der Waals surface area contributed by atoms with Crippen LogP contribution in [0.3, 0.4) is 0 Å². The van der Waals surface area contributed by atoms with Crippen molar-refractivity contribution < 1.29 is 19.0 Å². The molecule has 0 amide bonds. The fraction of sp³-hybridized carbons (Fsp3) is 0.300. The van der Waals surface area contributed by atoms with E-state index in [4.69, 9.17) is 25.8 Å². The van der Waals surface area contributed by atoms with E-state index >= 15 is 0 Å². The Morgan fingerprint density at radius 1 is 1.07 bits per heavy atom. The fourth-order valence-electron chi connectivity index (χ4n) is 2.19. The van der Waals surface area contributed by atoms with Gasteiger partial charge in [-0.15, -0.1) is 0 Å². The number of rotatable bonds is 10. The lowest BCUT2D eigenvalue weighted by atomic mass is 10.2. The largest absolute Gasteiger partial charge is 0.490 e. The number of hydrazone groups is 1. The summed E-state index contributed by atoms with van der Waals surface area (Å²) in [5.74, 6) is 0.608. The highest BCUT2D eigenvalue weighted by Crippen LogP contribution is 2.28. The van der Waals surface area contributed by atoms with E-state index in [-0.39, 0.29) is 6.61 Å². The lowest BCUT2D eigenvalue weighted by Crippen LogP contribution is -2.15. The minimum atomic E-state index is -0.419. The van der Waals surface area contributed by atoms with Gasteiger partial charge in [-0.25, -0.2) is 4.79 Å². The number of nitrogens with one attached hydrogen (secondary N) is 1. The number of carbonyl (C=O) groups excluding carboxylic acids is 1. The molecule has 0 unspecified atom stereocenters. The molecule has 1 N–H and O–H groups in total. The Morgan fingerprint density at radius 3 is 2.56 bits per heavy atom. The van der Waals surface area contributed by atoms with Gasteiger partial charge in [-0.2, -0.15) is 5.10 Å². The zero-order valence-electron chi connectivity index (χ0n) is 15.4. The quantitative estimate of drug-likeness (QED) is 0.379. The van der Waals surface area contributed by atoms with Gasteiger partial charge in [-0.05, 0) is 55.3 Å². The lowest BCUT2D eigenvalue weighted by molar-refractivity contribution is -0.145. The highest BCUT2D eigenvalue weighted by atomic mass is 35.5. The fourth-order valence-corrected chi connectivity index (χ4v) is 2.32. The molecule has 7 heteroatoms. The Hall–Kier alpha value is -2.73. The third-order valence-corrected chi connectivity index (χ3v) is 3.67. The highest BCUT2D eigenvalue weighted by Gasteiger charge is 2.09. The lowest BCUT2D eigenvalue weighted by Gasteiger charge is -2.12. The molecule has 0 aliphatic carbocycles. The Kier molecular flexibility index (Phi) is 8.45. The van der Waals surface area contributed by atoms with E-state index in [0.29, 0.717) is 36.3 Å². The first kappa shape index (κ1) is 20.6. The molecule has 0 aliphatic heterocycles. The number of ether oxygens (including phenoxy) is 3. The van der Waals surface area contributed by atoms with E-state index in [0.717, 1.165) is 11.1 Å². The minimum absolute atomic E-state index is 0.163. The summed E-state index contributed by atoms with van der Waals surface area (Å²) < 4.78 is 15.9. The predicted octanol–water partition coefficient (Wildman–Crippen LogP) is 3.80. The molecule has 6 nitrogen and oxygen atoms in total. The van der Waals surface area contributed by atoms with Crippen molar-refractivity contribution in [3.63, 3.8) is 0 Å². The molecule has 0 aromatic heterocycles. The maximum absolute atomic E-state index is 11.4. The molecule has 2 rings (SSSR count). The van der Waals surface area contributed by atoms with Crippen LogP contribution in [0.2, 0.25) is 5.02 Å². The Bertz CT molecular complexity index is 763. The average molecular weight is 391 g/mol. The van der Waals surface area contributed by atoms with Crippen LogP contribution < -0.4 is 14.9 Å². The van der Waals surface area contributed by atoms with Crippen molar-refractivity contribution in [3.05, 3.63) is 58.6 Å². The number of esters is 1. The van der Waals surface area contributed by atoms with E-state index in [1.54, 1.807) is 25.3 Å². The van der Waals surface area contributed by atoms with Crippen LogP contribution in [0.4, 0.5) is 0 Å². The number of hydrogen-bond donors (Lipinski definition) is 1. The molecule has 0 aliphatic rings. The molecule has 0 heterocycles. The zero-order valence-corrected chi connectivity index (χ0v) is 16.2. The van der Waals surface area contributed by atoms with Gasteiger partial charge in [0.05, 0.1) is 26.0 Å². The van der Waals surface area contributed by atoms with Gasteiger partial charge in [-0.3, -0.25) is 0 Å². The van der Waals surface area contributed by atoms with Crippen molar-refractivity contribution in [1.82, 2.24) is 5.43 Å². The topological polar surface area (TPSA) is 69.2 Å². The number of halogens is 1. The van der Waals surface area contributed by atoms with Crippen LogP contribution in [0.25, 0.3) is 0 Å². The Balaban J connectivity index is 1.94. The molecule has 0 spiro atoms. The second-order valence-corrected chi connectivity index (χ2v) is 5.89. The van der Waals surface area contributed by atoms with Crippen molar-refractivity contribution in [2.45, 2.75) is 20.4 Å². The summed E-state index contributed by atoms with van der Waals surface area (Å²) in [6, 6.07) is 12.9. The molecule has 144 valence electrons. The summed E-state index contributed by atoms with van der Waals surface area (Å²) in [6.45, 7) is 4.85. The van der Waals surface area contributed by atoms with Crippen molar-refractivity contribution in [1.29, 1.82) is 0 Å². The van der Waals surface area contributed by atoms with E-state index in [2.05, 4.69) is 10.5 Å². The molecule has 0 saturated heterocycles. The molecule has 27 heavy (non-hydrogen) atoms. The molecule has 0 saturated carbocycles. The average Bonchev–Trinajstić information content (AvgIpc) is 2.66. The molecule has 0 radical (unpaired) electrons. The first-order valence-electron chi connectivity index (χ1n) is 8.68. The van der Waals surface area contributed by atoms with Crippen molar-refractivity contribution in [2.24, 2.45) is 5.10 Å². The monoisotopic (exact) mass is 390 g/mol. The van der Waals surface area contributed by atoms with Crippen LogP contribution in [0.5, 0.6) is 11.5 Å². The van der Waals surface area contributed by atoms with Crippen molar-refractivity contribution in [3.8, 4) is 11.5 Å². The van der Waals surface area contributed by atoms with E-state index in [1.807, 2.05) is 37.3 Å². The third-order valence-electron chi connectivity index (χ3n) is 3.42. The number of benzene rings is 2. The summed E-state index contributed by atoms with van der Waals surface area (Å²) in [6.07, 6.45) is 1.69. The molecule has 2 aromatic rings. The summed E-state index contributed by atoms with van der Waals surface area (Å²) >= 11 is 5.86. The first-order valence-corrected chi connectivity index (χ1v) is 9.05. The second kappa shape index (κ2) is 11.1. The smallest absolute Gasteiger partial charge is 0.344 e. The third kappa shape index (κ3) is 7.19. The van der Waals surface area contributed by atoms with Crippen LogP contribution in [-0.2, 0) is 16.1 Å². The van der Waals surface area contributed by atoms with Crippen molar-refractivity contribution >= 4 is 23.8 Å². The van der Waals surface area contributed by atoms with Gasteiger partial charge in [0, 0.05) is 5.02 Å². The number of nitrogens with zero attached hydrogens (tertiary/aromatic N) is 1. The van der Waals surface area contributed by atoms with Crippen molar-refractivity contribution in [2.75, 3.05) is 19.8 Å². The van der Waals surface area contributed by atoms with Gasteiger partial charge < -0.3 is 19.6 Å². The minimum Gasteiger partial charge on any atom is -0.490 e. The standard InChI is InChI=1S/C20H23ClN2O4/c1-3-25-19-11-16(7-10-18(19)27-14-20(24)26-4-2)13-23-22-12-15-5-8-17(21)9-6-15/h5-11,13,22H,3-4,12,14H2,1-2H3/b23-13-. The van der Waals surface area contributed by atoms with Gasteiger partial charge in [0.2, 0.25) is 0 Å². The Morgan fingerprint density at radius 2 is 1.85 bits per heavy atom. The van der Waals surface area contributed by atoms with Crippen LogP contribution >= 0.6 is 11.6 Å². The molecule has 0 fully saturated rings. The van der Waals surface area contributed by atoms with Gasteiger partial charge >= 0.3 is 5.97 Å². The van der Waals surface area contributed by atoms with E-state index in [1.165, 1.54) is 0 Å². The van der Waals surface area contributed by atoms with Crippen LogP contribution in [0.1, 0.15) is 25.0 Å². The van der Waals surface area contributed by atoms with E-state index < -0.39 is 5.97 Å². The van der Waals surface area contributed by atoms with Gasteiger partial charge in [0.15, 0.2) is 18.1 Å². The Labute approximate surface area is 164 Å². The van der Waals surface area contributed by atoms with E-state index in [9.17, 15) is 4.79 Å². The van der Waals surface area contributed by atoms with Crippen LogP contribution in [0, 0.1) is 0 Å². The van der Waals surface area contributed by atoms with Crippen LogP contribution in [0.15, 0.2) is 47.6 Å². The predicted molar refractivity (Wildman–Crippen MR) is 106 cm³/mol. The number of carbonyl (C=O) groups is 1. The number of hydrogen-bond acceptors (Lipinski definition) is 6.